The van der Waals surface area contributed by atoms with Crippen LogP contribution in [0.25, 0.3) is 0 Å². The zero-order valence-corrected chi connectivity index (χ0v) is 10.5. The highest BCUT2D eigenvalue weighted by atomic mass is 19.1. The Morgan fingerprint density at radius 2 is 2.29 bits per heavy atom. The van der Waals surface area contributed by atoms with E-state index in [1.165, 1.54) is 12.1 Å². The van der Waals surface area contributed by atoms with Crippen molar-refractivity contribution in [3.63, 3.8) is 0 Å². The molecule has 0 amide bonds. The van der Waals surface area contributed by atoms with Crippen LogP contribution in [0, 0.1) is 5.82 Å². The number of halogens is 1. The van der Waals surface area contributed by atoms with Gasteiger partial charge in [-0.25, -0.2) is 4.39 Å². The molecule has 1 atom stereocenters. The van der Waals surface area contributed by atoms with Gasteiger partial charge in [-0.3, -0.25) is 0 Å². The maximum atomic E-state index is 13.2. The average molecular weight is 237 g/mol. The van der Waals surface area contributed by atoms with Gasteiger partial charge in [0.1, 0.15) is 18.2 Å². The van der Waals surface area contributed by atoms with Crippen molar-refractivity contribution in [2.24, 2.45) is 0 Å². The second-order valence-electron chi connectivity index (χ2n) is 3.96. The minimum absolute atomic E-state index is 0.0745. The van der Waals surface area contributed by atoms with Crippen LogP contribution in [0.1, 0.15) is 31.9 Å². The van der Waals surface area contributed by atoms with Crippen molar-refractivity contribution in [2.45, 2.75) is 26.3 Å². The summed E-state index contributed by atoms with van der Waals surface area (Å²) >= 11 is 0. The van der Waals surface area contributed by atoms with E-state index in [2.05, 4.69) is 18.8 Å². The molecule has 0 spiro atoms. The fourth-order valence-corrected chi connectivity index (χ4v) is 1.61. The third kappa shape index (κ3) is 4.19. The van der Waals surface area contributed by atoms with Crippen molar-refractivity contribution in [1.82, 2.24) is 5.32 Å². The first kappa shape index (κ1) is 13.7. The van der Waals surface area contributed by atoms with Crippen LogP contribution in [0.15, 0.2) is 30.9 Å². The summed E-state index contributed by atoms with van der Waals surface area (Å²) in [5.74, 6) is 0.471. The Kier molecular flexibility index (Phi) is 5.70. The van der Waals surface area contributed by atoms with E-state index in [-0.39, 0.29) is 11.9 Å². The molecule has 1 N–H and O–H groups in total. The number of hydrogen-bond donors (Lipinski definition) is 1. The Bertz CT molecular complexity index is 365. The van der Waals surface area contributed by atoms with Gasteiger partial charge in [-0.15, -0.1) is 0 Å². The lowest BCUT2D eigenvalue weighted by atomic mass is 10.1. The molecule has 0 aliphatic carbocycles. The summed E-state index contributed by atoms with van der Waals surface area (Å²) in [6.07, 6.45) is 2.72. The van der Waals surface area contributed by atoms with Crippen molar-refractivity contribution >= 4 is 0 Å². The molecular formula is C14H20FNO. The van der Waals surface area contributed by atoms with Gasteiger partial charge in [0.05, 0.1) is 0 Å². The standard InChI is InChI=1S/C14H20FNO/c1-4-8-16-11(3)13-10-12(15)6-7-14(13)17-9-5-2/h5-7,10-11,16H,2,4,8-9H2,1,3H3. The SMILES string of the molecule is C=CCOc1ccc(F)cc1C(C)NCCC. The minimum Gasteiger partial charge on any atom is -0.489 e. The normalized spacial score (nSPS) is 12.2. The fourth-order valence-electron chi connectivity index (χ4n) is 1.61. The van der Waals surface area contributed by atoms with E-state index in [1.807, 2.05) is 6.92 Å². The molecule has 0 aliphatic rings. The fraction of sp³-hybridized carbons (Fsp3) is 0.429. The van der Waals surface area contributed by atoms with Crippen molar-refractivity contribution in [3.8, 4) is 5.75 Å². The molecule has 1 unspecified atom stereocenters. The molecule has 1 rings (SSSR count). The molecule has 2 nitrogen and oxygen atoms in total. The van der Waals surface area contributed by atoms with Crippen LogP contribution in [0.3, 0.4) is 0 Å². The maximum absolute atomic E-state index is 13.2. The zero-order valence-electron chi connectivity index (χ0n) is 10.5. The van der Waals surface area contributed by atoms with E-state index in [0.717, 1.165) is 18.5 Å². The maximum Gasteiger partial charge on any atom is 0.124 e. The van der Waals surface area contributed by atoms with Gasteiger partial charge in [0.25, 0.3) is 0 Å². The Hall–Kier alpha value is -1.35. The highest BCUT2D eigenvalue weighted by Crippen LogP contribution is 2.26. The zero-order chi connectivity index (χ0) is 12.7. The molecule has 1 aromatic carbocycles. The predicted octanol–water partition coefficient (Wildman–Crippen LogP) is 3.45. The lowest BCUT2D eigenvalue weighted by molar-refractivity contribution is 0.353. The van der Waals surface area contributed by atoms with Gasteiger partial charge < -0.3 is 10.1 Å². The number of ether oxygens (including phenoxy) is 1. The lowest BCUT2D eigenvalue weighted by Crippen LogP contribution is -2.20. The first-order valence-corrected chi connectivity index (χ1v) is 5.95. The second-order valence-corrected chi connectivity index (χ2v) is 3.96. The first-order valence-electron chi connectivity index (χ1n) is 5.95. The molecule has 0 aromatic heterocycles. The highest BCUT2D eigenvalue weighted by molar-refractivity contribution is 5.36. The van der Waals surface area contributed by atoms with E-state index >= 15 is 0 Å². The van der Waals surface area contributed by atoms with Crippen molar-refractivity contribution in [1.29, 1.82) is 0 Å². The van der Waals surface area contributed by atoms with Crippen LogP contribution in [-0.4, -0.2) is 13.2 Å². The molecule has 0 fully saturated rings. The van der Waals surface area contributed by atoms with Gasteiger partial charge in [-0.2, -0.15) is 0 Å². The van der Waals surface area contributed by atoms with E-state index in [4.69, 9.17) is 4.74 Å². The van der Waals surface area contributed by atoms with Crippen LogP contribution in [0.4, 0.5) is 4.39 Å². The quantitative estimate of drug-likeness (QED) is 0.733. The third-order valence-electron chi connectivity index (χ3n) is 2.50. The third-order valence-corrected chi connectivity index (χ3v) is 2.50. The summed E-state index contributed by atoms with van der Waals surface area (Å²) in [6.45, 7) is 9.04. The largest absolute Gasteiger partial charge is 0.489 e. The molecular weight excluding hydrogens is 217 g/mol. The summed E-state index contributed by atoms with van der Waals surface area (Å²) in [5.41, 5.74) is 0.848. The van der Waals surface area contributed by atoms with Crippen LogP contribution in [-0.2, 0) is 0 Å². The molecule has 3 heteroatoms. The Labute approximate surface area is 102 Å². The number of benzene rings is 1. The molecule has 0 bridgehead atoms. The van der Waals surface area contributed by atoms with Crippen molar-refractivity contribution in [3.05, 3.63) is 42.2 Å². The smallest absolute Gasteiger partial charge is 0.124 e. The monoisotopic (exact) mass is 237 g/mol. The summed E-state index contributed by atoms with van der Waals surface area (Å²) in [4.78, 5) is 0. The van der Waals surface area contributed by atoms with Gasteiger partial charge >= 0.3 is 0 Å². The number of rotatable bonds is 7. The van der Waals surface area contributed by atoms with Gasteiger partial charge in [-0.1, -0.05) is 19.6 Å². The molecule has 0 saturated carbocycles. The van der Waals surface area contributed by atoms with Crippen LogP contribution in [0.2, 0.25) is 0 Å². The average Bonchev–Trinajstić information content (AvgIpc) is 2.34. The van der Waals surface area contributed by atoms with Gasteiger partial charge in [0, 0.05) is 11.6 Å². The first-order chi connectivity index (χ1) is 8.19. The summed E-state index contributed by atoms with van der Waals surface area (Å²) in [6, 6.07) is 4.67. The Morgan fingerprint density at radius 3 is 2.94 bits per heavy atom. The van der Waals surface area contributed by atoms with Crippen molar-refractivity contribution in [2.75, 3.05) is 13.2 Å². The second kappa shape index (κ2) is 7.07. The molecule has 0 saturated heterocycles. The number of hydrogen-bond acceptors (Lipinski definition) is 2. The highest BCUT2D eigenvalue weighted by Gasteiger charge is 2.12. The lowest BCUT2D eigenvalue weighted by Gasteiger charge is -2.17. The Morgan fingerprint density at radius 1 is 1.53 bits per heavy atom. The van der Waals surface area contributed by atoms with Gasteiger partial charge in [-0.05, 0) is 38.1 Å². The van der Waals surface area contributed by atoms with Crippen molar-refractivity contribution < 1.29 is 9.13 Å². The van der Waals surface area contributed by atoms with E-state index < -0.39 is 0 Å². The van der Waals surface area contributed by atoms with Gasteiger partial charge in [0.15, 0.2) is 0 Å². The molecule has 0 aliphatic heterocycles. The Balaban J connectivity index is 2.85. The predicted molar refractivity (Wildman–Crippen MR) is 68.8 cm³/mol. The molecule has 0 heterocycles. The molecule has 0 radical (unpaired) electrons. The van der Waals surface area contributed by atoms with E-state index in [0.29, 0.717) is 12.4 Å². The molecule has 94 valence electrons. The molecule has 1 aromatic rings. The number of nitrogens with one attached hydrogen (secondary N) is 1. The topological polar surface area (TPSA) is 21.3 Å². The minimum atomic E-state index is -0.240. The van der Waals surface area contributed by atoms with Crippen LogP contribution < -0.4 is 10.1 Å². The summed E-state index contributed by atoms with van der Waals surface area (Å²) < 4.78 is 18.8. The van der Waals surface area contributed by atoms with Gasteiger partial charge in [0.2, 0.25) is 0 Å². The summed E-state index contributed by atoms with van der Waals surface area (Å²) in [5, 5.41) is 3.32. The van der Waals surface area contributed by atoms with E-state index in [1.54, 1.807) is 12.1 Å². The van der Waals surface area contributed by atoms with Crippen LogP contribution >= 0.6 is 0 Å². The molecule has 17 heavy (non-hydrogen) atoms. The summed E-state index contributed by atoms with van der Waals surface area (Å²) in [7, 11) is 0. The van der Waals surface area contributed by atoms with E-state index in [9.17, 15) is 4.39 Å². The van der Waals surface area contributed by atoms with Crippen LogP contribution in [0.5, 0.6) is 5.75 Å².